The predicted octanol–water partition coefficient (Wildman–Crippen LogP) is 5.95. The molecular formula is C31H24N4O4S. The van der Waals surface area contributed by atoms with E-state index in [0.29, 0.717) is 22.1 Å². The molecule has 0 bridgehead atoms. The molecule has 0 aliphatic rings. The second-order valence-corrected chi connectivity index (χ2v) is 10.1. The Morgan fingerprint density at radius 2 is 1.48 bits per heavy atom. The molecule has 0 atom stereocenters. The lowest BCUT2D eigenvalue weighted by molar-refractivity contribution is -0.134. The van der Waals surface area contributed by atoms with E-state index in [2.05, 4.69) is 10.3 Å². The molecule has 0 fully saturated rings. The van der Waals surface area contributed by atoms with Crippen molar-refractivity contribution in [1.29, 1.82) is 0 Å². The van der Waals surface area contributed by atoms with E-state index >= 15 is 0 Å². The van der Waals surface area contributed by atoms with Crippen molar-refractivity contribution in [2.24, 2.45) is 0 Å². The third-order valence-electron chi connectivity index (χ3n) is 6.19. The van der Waals surface area contributed by atoms with Gasteiger partial charge in [0, 0.05) is 22.4 Å². The standard InChI is InChI=1S/C31H24N4O4S/c1-19-29(27(37)18-28(38)30(39)33-24-15-13-21(14-16-24)20(2)36)40-31(32-19)35-26(23-11-7-4-8-12-23)17-25(34-35)22-9-5-3-6-10-22/h3-17H,18H2,1-2H3,(H,33,39). The molecule has 0 aliphatic carbocycles. The van der Waals surface area contributed by atoms with Crippen LogP contribution in [0.3, 0.4) is 0 Å². The quantitative estimate of drug-likeness (QED) is 0.138. The van der Waals surface area contributed by atoms with E-state index in [0.717, 1.165) is 33.9 Å². The molecule has 0 saturated heterocycles. The topological polar surface area (TPSA) is 111 Å². The highest BCUT2D eigenvalue weighted by molar-refractivity contribution is 7.16. The summed E-state index contributed by atoms with van der Waals surface area (Å²) in [5.74, 6) is -2.38. The summed E-state index contributed by atoms with van der Waals surface area (Å²) >= 11 is 1.12. The second-order valence-electron chi connectivity index (χ2n) is 9.08. The zero-order chi connectivity index (χ0) is 28.2. The van der Waals surface area contributed by atoms with Crippen molar-refractivity contribution >= 4 is 40.3 Å². The van der Waals surface area contributed by atoms with Gasteiger partial charge < -0.3 is 5.32 Å². The number of nitrogens with one attached hydrogen (secondary N) is 1. The molecule has 198 valence electrons. The average molecular weight is 549 g/mol. The lowest BCUT2D eigenvalue weighted by Gasteiger charge is -2.05. The van der Waals surface area contributed by atoms with Gasteiger partial charge in [0.05, 0.1) is 28.4 Å². The molecule has 0 saturated carbocycles. The van der Waals surface area contributed by atoms with Gasteiger partial charge in [-0.25, -0.2) is 9.67 Å². The number of carbonyl (C=O) groups is 4. The lowest BCUT2D eigenvalue weighted by Crippen LogP contribution is -2.25. The molecule has 5 rings (SSSR count). The Morgan fingerprint density at radius 1 is 0.850 bits per heavy atom. The number of carbonyl (C=O) groups excluding carboxylic acids is 4. The minimum absolute atomic E-state index is 0.110. The first-order valence-corrected chi connectivity index (χ1v) is 13.3. The minimum atomic E-state index is -0.905. The van der Waals surface area contributed by atoms with Crippen molar-refractivity contribution in [2.45, 2.75) is 20.3 Å². The number of rotatable bonds is 9. The fourth-order valence-corrected chi connectivity index (χ4v) is 5.09. The summed E-state index contributed by atoms with van der Waals surface area (Å²) in [5, 5.41) is 7.75. The first-order valence-electron chi connectivity index (χ1n) is 12.5. The number of amides is 1. The monoisotopic (exact) mass is 548 g/mol. The number of aromatic nitrogens is 3. The second kappa shape index (κ2) is 11.4. The maximum atomic E-state index is 13.1. The van der Waals surface area contributed by atoms with E-state index in [1.807, 2.05) is 66.7 Å². The molecule has 2 heterocycles. The fourth-order valence-electron chi connectivity index (χ4n) is 4.12. The Balaban J connectivity index is 1.37. The summed E-state index contributed by atoms with van der Waals surface area (Å²) in [6.45, 7) is 3.13. The van der Waals surface area contributed by atoms with E-state index in [-0.39, 0.29) is 10.7 Å². The Hall–Kier alpha value is -5.02. The van der Waals surface area contributed by atoms with Gasteiger partial charge in [-0.05, 0) is 44.2 Å². The molecule has 2 aromatic heterocycles. The maximum absolute atomic E-state index is 13.1. The SMILES string of the molecule is CC(=O)c1ccc(NC(=O)C(=O)CC(=O)c2sc(-n3nc(-c4ccccc4)cc3-c3ccccc3)nc2C)cc1. The highest BCUT2D eigenvalue weighted by Crippen LogP contribution is 2.31. The van der Waals surface area contributed by atoms with E-state index in [9.17, 15) is 19.2 Å². The van der Waals surface area contributed by atoms with E-state index in [1.165, 1.54) is 19.1 Å². The average Bonchev–Trinajstić information content (AvgIpc) is 3.58. The minimum Gasteiger partial charge on any atom is -0.319 e. The lowest BCUT2D eigenvalue weighted by atomic mass is 10.1. The molecule has 0 spiro atoms. The molecular weight excluding hydrogens is 524 g/mol. The fraction of sp³-hybridized carbons (Fsp3) is 0.0968. The molecule has 5 aromatic rings. The summed E-state index contributed by atoms with van der Waals surface area (Å²) in [7, 11) is 0. The Morgan fingerprint density at radius 3 is 2.10 bits per heavy atom. The van der Waals surface area contributed by atoms with Crippen LogP contribution in [0.4, 0.5) is 5.69 Å². The van der Waals surface area contributed by atoms with Crippen molar-refractivity contribution < 1.29 is 19.2 Å². The van der Waals surface area contributed by atoms with Crippen LogP contribution >= 0.6 is 11.3 Å². The largest absolute Gasteiger partial charge is 0.319 e. The van der Waals surface area contributed by atoms with Crippen LogP contribution in [0, 0.1) is 6.92 Å². The number of ketones is 3. The van der Waals surface area contributed by atoms with Crippen LogP contribution in [0.5, 0.6) is 0 Å². The van der Waals surface area contributed by atoms with Crippen molar-refractivity contribution in [3.05, 3.63) is 107 Å². The Bertz CT molecular complexity index is 1720. The summed E-state index contributed by atoms with van der Waals surface area (Å²) < 4.78 is 1.70. The van der Waals surface area contributed by atoms with E-state index < -0.39 is 23.9 Å². The zero-order valence-corrected chi connectivity index (χ0v) is 22.6. The number of anilines is 1. The first kappa shape index (κ1) is 26.6. The number of benzene rings is 3. The number of nitrogens with zero attached hydrogens (tertiary/aromatic N) is 3. The van der Waals surface area contributed by atoms with Gasteiger partial charge in [0.2, 0.25) is 10.9 Å². The molecule has 40 heavy (non-hydrogen) atoms. The normalized spacial score (nSPS) is 10.8. The number of hydrogen-bond acceptors (Lipinski definition) is 7. The van der Waals surface area contributed by atoms with Crippen LogP contribution in [-0.2, 0) is 9.59 Å². The molecule has 3 aromatic carbocycles. The van der Waals surface area contributed by atoms with Crippen LogP contribution in [-0.4, -0.2) is 38.0 Å². The smallest absolute Gasteiger partial charge is 0.292 e. The molecule has 1 N–H and O–H groups in total. The van der Waals surface area contributed by atoms with Crippen LogP contribution in [0.1, 0.15) is 39.1 Å². The summed E-state index contributed by atoms with van der Waals surface area (Å²) in [6.07, 6.45) is -0.597. The van der Waals surface area contributed by atoms with E-state index in [1.54, 1.807) is 23.7 Å². The van der Waals surface area contributed by atoms with Gasteiger partial charge in [-0.2, -0.15) is 5.10 Å². The van der Waals surface area contributed by atoms with Crippen LogP contribution < -0.4 is 5.32 Å². The molecule has 1 amide bonds. The van der Waals surface area contributed by atoms with Crippen molar-refractivity contribution in [3.8, 4) is 27.6 Å². The van der Waals surface area contributed by atoms with Gasteiger partial charge in [-0.1, -0.05) is 72.0 Å². The van der Waals surface area contributed by atoms with Crippen LogP contribution in [0.15, 0.2) is 91.0 Å². The van der Waals surface area contributed by atoms with Crippen molar-refractivity contribution in [2.75, 3.05) is 5.32 Å². The molecule has 0 radical (unpaired) electrons. The maximum Gasteiger partial charge on any atom is 0.292 e. The van der Waals surface area contributed by atoms with Crippen molar-refractivity contribution in [3.63, 3.8) is 0 Å². The predicted molar refractivity (Wildman–Crippen MR) is 154 cm³/mol. The number of aryl methyl sites for hydroxylation is 1. The third-order valence-corrected chi connectivity index (χ3v) is 7.37. The third kappa shape index (κ3) is 5.69. The summed E-state index contributed by atoms with van der Waals surface area (Å²) in [4.78, 5) is 54.4. The Labute approximate surface area is 234 Å². The van der Waals surface area contributed by atoms with Crippen LogP contribution in [0.2, 0.25) is 0 Å². The number of hydrogen-bond donors (Lipinski definition) is 1. The van der Waals surface area contributed by atoms with Gasteiger partial charge >= 0.3 is 0 Å². The molecule has 0 unspecified atom stereocenters. The number of Topliss-reactive ketones (excluding diaryl/α,β-unsaturated/α-hetero) is 3. The summed E-state index contributed by atoms with van der Waals surface area (Å²) in [6, 6.07) is 27.6. The van der Waals surface area contributed by atoms with Gasteiger partial charge in [0.25, 0.3) is 5.91 Å². The zero-order valence-electron chi connectivity index (χ0n) is 21.8. The summed E-state index contributed by atoms with van der Waals surface area (Å²) in [5.41, 5.74) is 4.72. The van der Waals surface area contributed by atoms with Gasteiger partial charge in [-0.15, -0.1) is 0 Å². The van der Waals surface area contributed by atoms with Crippen LogP contribution in [0.25, 0.3) is 27.6 Å². The highest BCUT2D eigenvalue weighted by atomic mass is 32.1. The van der Waals surface area contributed by atoms with Gasteiger partial charge in [-0.3, -0.25) is 19.2 Å². The van der Waals surface area contributed by atoms with Gasteiger partial charge in [0.1, 0.15) is 0 Å². The molecule has 9 heteroatoms. The van der Waals surface area contributed by atoms with E-state index in [4.69, 9.17) is 5.10 Å². The highest BCUT2D eigenvalue weighted by Gasteiger charge is 2.24. The first-order chi connectivity index (χ1) is 19.3. The van der Waals surface area contributed by atoms with Crippen molar-refractivity contribution in [1.82, 2.24) is 14.8 Å². The Kier molecular flexibility index (Phi) is 7.56. The molecule has 0 aliphatic heterocycles. The molecule has 8 nitrogen and oxygen atoms in total. The number of thiazole rings is 1. The van der Waals surface area contributed by atoms with Gasteiger partial charge in [0.15, 0.2) is 11.6 Å².